The number of halogens is 1. The van der Waals surface area contributed by atoms with Gasteiger partial charge in [-0.05, 0) is 37.6 Å². The molecule has 1 aromatic carbocycles. The molecule has 0 atom stereocenters. The van der Waals surface area contributed by atoms with Crippen LogP contribution in [0.1, 0.15) is 17.8 Å². The number of hydrogen-bond acceptors (Lipinski definition) is 2. The third kappa shape index (κ3) is 1.93. The summed E-state index contributed by atoms with van der Waals surface area (Å²) in [5.41, 5.74) is 8.65. The van der Waals surface area contributed by atoms with Crippen LogP contribution in [0, 0.1) is 6.92 Å². The third-order valence-electron chi connectivity index (χ3n) is 2.78. The molecule has 1 heterocycles. The molecule has 0 saturated heterocycles. The van der Waals surface area contributed by atoms with E-state index in [1.807, 2.05) is 20.0 Å². The Bertz CT molecular complexity index is 516. The topological polar surface area (TPSA) is 43.8 Å². The monoisotopic (exact) mass is 237 g/mol. The molecule has 0 radical (unpaired) electrons. The van der Waals surface area contributed by atoms with E-state index in [2.05, 4.69) is 15.6 Å². The van der Waals surface area contributed by atoms with Gasteiger partial charge in [0.25, 0.3) is 0 Å². The van der Waals surface area contributed by atoms with Crippen LogP contribution in [0.4, 0.5) is 0 Å². The van der Waals surface area contributed by atoms with Gasteiger partial charge in [0.05, 0.1) is 10.5 Å². The van der Waals surface area contributed by atoms with Crippen molar-refractivity contribution in [1.29, 1.82) is 0 Å². The fourth-order valence-corrected chi connectivity index (χ4v) is 2.22. The fourth-order valence-electron chi connectivity index (χ4n) is 1.91. The highest BCUT2D eigenvalue weighted by molar-refractivity contribution is 6.35. The second kappa shape index (κ2) is 4.44. The van der Waals surface area contributed by atoms with Gasteiger partial charge in [0.2, 0.25) is 0 Å². The molecule has 0 amide bonds. The number of nitrogens with two attached hydrogens (primary N) is 1. The molecule has 4 heteroatoms. The van der Waals surface area contributed by atoms with Crippen molar-refractivity contribution in [2.45, 2.75) is 19.8 Å². The molecule has 0 aliphatic rings. The second-order valence-corrected chi connectivity index (χ2v) is 4.50. The van der Waals surface area contributed by atoms with Crippen LogP contribution in [-0.4, -0.2) is 16.1 Å². The van der Waals surface area contributed by atoms with Gasteiger partial charge in [-0.25, -0.2) is 4.98 Å². The lowest BCUT2D eigenvalue weighted by Crippen LogP contribution is -2.04. The molecular weight excluding hydrogens is 222 g/mol. The highest BCUT2D eigenvalue weighted by atomic mass is 35.5. The van der Waals surface area contributed by atoms with Gasteiger partial charge < -0.3 is 10.3 Å². The molecule has 3 nitrogen and oxygen atoms in total. The number of nitrogens with zero attached hydrogens (tertiary/aromatic N) is 2. The first-order chi connectivity index (χ1) is 7.63. The largest absolute Gasteiger partial charge is 0.331 e. The molecule has 0 aliphatic carbocycles. The van der Waals surface area contributed by atoms with Crippen LogP contribution < -0.4 is 5.73 Å². The first-order valence-electron chi connectivity index (χ1n) is 5.45. The van der Waals surface area contributed by atoms with E-state index in [1.54, 1.807) is 0 Å². The Hall–Kier alpha value is -1.06. The average molecular weight is 238 g/mol. The van der Waals surface area contributed by atoms with Crippen molar-refractivity contribution < 1.29 is 0 Å². The van der Waals surface area contributed by atoms with E-state index in [0.717, 1.165) is 40.3 Å². The van der Waals surface area contributed by atoms with E-state index in [9.17, 15) is 0 Å². The molecule has 0 spiro atoms. The lowest BCUT2D eigenvalue weighted by Gasteiger charge is -2.01. The van der Waals surface area contributed by atoms with Crippen LogP contribution in [0.5, 0.6) is 0 Å². The van der Waals surface area contributed by atoms with Crippen molar-refractivity contribution in [2.75, 3.05) is 6.54 Å². The van der Waals surface area contributed by atoms with Crippen molar-refractivity contribution in [3.8, 4) is 0 Å². The summed E-state index contributed by atoms with van der Waals surface area (Å²) in [6.07, 6.45) is 1.85. The minimum Gasteiger partial charge on any atom is -0.331 e. The number of aromatic nitrogens is 2. The van der Waals surface area contributed by atoms with Crippen molar-refractivity contribution in [3.05, 3.63) is 28.5 Å². The first kappa shape index (κ1) is 11.4. The Morgan fingerprint density at radius 2 is 2.19 bits per heavy atom. The summed E-state index contributed by atoms with van der Waals surface area (Å²) in [6, 6.07) is 4.06. The molecule has 86 valence electrons. The van der Waals surface area contributed by atoms with Crippen molar-refractivity contribution in [3.63, 3.8) is 0 Å². The maximum atomic E-state index is 6.18. The SMILES string of the molecule is Cc1cc(Cl)c2nc(CCCN)n(C)c2c1. The lowest BCUT2D eigenvalue weighted by atomic mass is 10.2. The van der Waals surface area contributed by atoms with E-state index in [-0.39, 0.29) is 0 Å². The molecule has 0 fully saturated rings. The van der Waals surface area contributed by atoms with Crippen LogP contribution >= 0.6 is 11.6 Å². The van der Waals surface area contributed by atoms with Crippen LogP contribution in [0.2, 0.25) is 5.02 Å². The standard InChI is InChI=1S/C12H16ClN3/c1-8-6-9(13)12-10(7-8)16(2)11(15-12)4-3-5-14/h6-7H,3-5,14H2,1-2H3. The molecule has 0 aliphatic heterocycles. The summed E-state index contributed by atoms with van der Waals surface area (Å²) in [7, 11) is 2.02. The van der Waals surface area contributed by atoms with Crippen LogP contribution in [0.3, 0.4) is 0 Å². The quantitative estimate of drug-likeness (QED) is 0.891. The number of fused-ring (bicyclic) bond motifs is 1. The molecule has 2 aromatic rings. The minimum absolute atomic E-state index is 0.690. The molecule has 2 rings (SSSR count). The smallest absolute Gasteiger partial charge is 0.109 e. The highest BCUT2D eigenvalue weighted by Crippen LogP contribution is 2.25. The molecule has 0 saturated carbocycles. The number of aryl methyl sites for hydroxylation is 3. The summed E-state index contributed by atoms with van der Waals surface area (Å²) in [5, 5.41) is 0.726. The maximum absolute atomic E-state index is 6.18. The molecular formula is C12H16ClN3. The summed E-state index contributed by atoms with van der Waals surface area (Å²) < 4.78 is 2.10. The summed E-state index contributed by atoms with van der Waals surface area (Å²) in [4.78, 5) is 4.57. The normalized spacial score (nSPS) is 11.2. The van der Waals surface area contributed by atoms with Crippen LogP contribution in [0.15, 0.2) is 12.1 Å². The zero-order chi connectivity index (χ0) is 11.7. The van der Waals surface area contributed by atoms with E-state index >= 15 is 0 Å². The zero-order valence-corrected chi connectivity index (χ0v) is 10.4. The summed E-state index contributed by atoms with van der Waals surface area (Å²) in [5.74, 6) is 1.05. The molecule has 1 aromatic heterocycles. The predicted octanol–water partition coefficient (Wildman–Crippen LogP) is 2.43. The number of hydrogen-bond donors (Lipinski definition) is 1. The Labute approximate surface area is 100 Å². The summed E-state index contributed by atoms with van der Waals surface area (Å²) >= 11 is 6.18. The Kier molecular flexibility index (Phi) is 3.17. The first-order valence-corrected chi connectivity index (χ1v) is 5.83. The van der Waals surface area contributed by atoms with E-state index in [0.29, 0.717) is 6.54 Å². The van der Waals surface area contributed by atoms with Gasteiger partial charge in [-0.2, -0.15) is 0 Å². The van der Waals surface area contributed by atoms with Crippen molar-refractivity contribution in [1.82, 2.24) is 9.55 Å². The second-order valence-electron chi connectivity index (χ2n) is 4.09. The van der Waals surface area contributed by atoms with Crippen LogP contribution in [0.25, 0.3) is 11.0 Å². The highest BCUT2D eigenvalue weighted by Gasteiger charge is 2.10. The Balaban J connectivity index is 2.54. The lowest BCUT2D eigenvalue weighted by molar-refractivity contribution is 0.741. The van der Waals surface area contributed by atoms with Gasteiger partial charge in [0.15, 0.2) is 0 Å². The maximum Gasteiger partial charge on any atom is 0.109 e. The van der Waals surface area contributed by atoms with Gasteiger partial charge in [-0.3, -0.25) is 0 Å². The van der Waals surface area contributed by atoms with E-state index in [1.165, 1.54) is 0 Å². The molecule has 0 bridgehead atoms. The molecule has 0 unspecified atom stereocenters. The van der Waals surface area contributed by atoms with Gasteiger partial charge in [0.1, 0.15) is 11.3 Å². The van der Waals surface area contributed by atoms with Crippen LogP contribution in [-0.2, 0) is 13.5 Å². The Morgan fingerprint density at radius 3 is 2.88 bits per heavy atom. The predicted molar refractivity (Wildman–Crippen MR) is 67.8 cm³/mol. The summed E-state index contributed by atoms with van der Waals surface area (Å²) in [6.45, 7) is 2.73. The van der Waals surface area contributed by atoms with Gasteiger partial charge in [0, 0.05) is 13.5 Å². The fraction of sp³-hybridized carbons (Fsp3) is 0.417. The Morgan fingerprint density at radius 1 is 1.44 bits per heavy atom. The molecule has 2 N–H and O–H groups in total. The average Bonchev–Trinajstić information content (AvgIpc) is 2.54. The van der Waals surface area contributed by atoms with Crippen molar-refractivity contribution >= 4 is 22.6 Å². The molecule has 16 heavy (non-hydrogen) atoms. The van der Waals surface area contributed by atoms with Gasteiger partial charge in [-0.15, -0.1) is 0 Å². The third-order valence-corrected chi connectivity index (χ3v) is 3.07. The van der Waals surface area contributed by atoms with E-state index in [4.69, 9.17) is 17.3 Å². The number of imidazole rings is 1. The van der Waals surface area contributed by atoms with Gasteiger partial charge in [-0.1, -0.05) is 11.6 Å². The van der Waals surface area contributed by atoms with Gasteiger partial charge >= 0.3 is 0 Å². The van der Waals surface area contributed by atoms with Crippen molar-refractivity contribution in [2.24, 2.45) is 12.8 Å². The number of rotatable bonds is 3. The number of benzene rings is 1. The van der Waals surface area contributed by atoms with E-state index < -0.39 is 0 Å². The minimum atomic E-state index is 0.690. The zero-order valence-electron chi connectivity index (χ0n) is 9.63.